The van der Waals surface area contributed by atoms with Crippen LogP contribution < -0.4 is 5.32 Å². The van der Waals surface area contributed by atoms with Crippen molar-refractivity contribution in [1.82, 2.24) is 19.6 Å². The van der Waals surface area contributed by atoms with Crippen molar-refractivity contribution in [2.45, 2.75) is 50.5 Å². The van der Waals surface area contributed by atoms with Crippen molar-refractivity contribution < 1.29 is 4.39 Å². The van der Waals surface area contributed by atoms with Gasteiger partial charge in [-0.2, -0.15) is 9.49 Å². The summed E-state index contributed by atoms with van der Waals surface area (Å²) in [7, 11) is 1.79. The molecular weight excluding hydrogens is 413 g/mol. The van der Waals surface area contributed by atoms with Gasteiger partial charge in [0.05, 0.1) is 23.1 Å². The molecule has 2 heterocycles. The molecule has 0 radical (unpaired) electrons. The van der Waals surface area contributed by atoms with Gasteiger partial charge in [0.15, 0.2) is 0 Å². The molecule has 2 aromatic carbocycles. The van der Waals surface area contributed by atoms with Crippen LogP contribution in [-0.2, 0) is 7.05 Å². The van der Waals surface area contributed by atoms with Crippen LogP contribution in [0, 0.1) is 11.9 Å². The van der Waals surface area contributed by atoms with Crippen molar-refractivity contribution in [3.8, 4) is 11.1 Å². The first-order chi connectivity index (χ1) is 16.1. The zero-order chi connectivity index (χ0) is 22.4. The van der Waals surface area contributed by atoms with Crippen LogP contribution in [0.2, 0.25) is 0 Å². The van der Waals surface area contributed by atoms with E-state index in [1.807, 2.05) is 18.3 Å². The number of aryl methyl sites for hydroxylation is 1. The van der Waals surface area contributed by atoms with Crippen LogP contribution in [0.4, 0.5) is 10.1 Å². The third kappa shape index (κ3) is 4.14. The Bertz CT molecular complexity index is 1280. The molecule has 33 heavy (non-hydrogen) atoms. The van der Waals surface area contributed by atoms with E-state index in [1.54, 1.807) is 11.7 Å². The minimum absolute atomic E-state index is 0.366. The van der Waals surface area contributed by atoms with Gasteiger partial charge in [-0.25, -0.2) is 0 Å². The molecule has 2 aromatic heterocycles. The smallest absolute Gasteiger partial charge is 0.240 e. The third-order valence-corrected chi connectivity index (χ3v) is 7.46. The van der Waals surface area contributed by atoms with E-state index >= 15 is 0 Å². The topological polar surface area (TPSA) is 47.7 Å². The highest BCUT2D eigenvalue weighted by Gasteiger charge is 2.25. The summed E-state index contributed by atoms with van der Waals surface area (Å²) < 4.78 is 17.8. The maximum Gasteiger partial charge on any atom is 0.240 e. The summed E-state index contributed by atoms with van der Waals surface area (Å²) in [4.78, 5) is 0. The zero-order valence-corrected chi connectivity index (χ0v) is 19.0. The second kappa shape index (κ2) is 8.32. The number of nitrogens with zero attached hydrogens (tertiary/aromatic N) is 4. The highest BCUT2D eigenvalue weighted by Crippen LogP contribution is 2.38. The molecule has 1 N–H and O–H groups in total. The molecular formula is C27H30FN5. The van der Waals surface area contributed by atoms with Gasteiger partial charge in [0.25, 0.3) is 0 Å². The molecule has 2 fully saturated rings. The van der Waals surface area contributed by atoms with Crippen LogP contribution in [0.15, 0.2) is 54.9 Å². The second-order valence-corrected chi connectivity index (χ2v) is 9.81. The van der Waals surface area contributed by atoms with Gasteiger partial charge in [0, 0.05) is 31.0 Å². The fourth-order valence-electron chi connectivity index (χ4n) is 5.29. The third-order valence-electron chi connectivity index (χ3n) is 7.46. The Balaban J connectivity index is 1.06. The van der Waals surface area contributed by atoms with E-state index in [0.717, 1.165) is 24.9 Å². The number of anilines is 1. The largest absolute Gasteiger partial charge is 0.385 e. The van der Waals surface area contributed by atoms with Gasteiger partial charge in [-0.15, -0.1) is 5.10 Å². The SMILES string of the molecule is Cn1nc(F)c2cc(C3CCC(CNc4cccc(-c5cnn(C6CC6)c5)c4)CC3)ccc21. The lowest BCUT2D eigenvalue weighted by atomic mass is 9.78. The summed E-state index contributed by atoms with van der Waals surface area (Å²) in [6.07, 6.45) is 11.3. The van der Waals surface area contributed by atoms with E-state index in [2.05, 4.69) is 56.7 Å². The summed E-state index contributed by atoms with van der Waals surface area (Å²) >= 11 is 0. The highest BCUT2D eigenvalue weighted by molar-refractivity contribution is 5.80. The fourth-order valence-corrected chi connectivity index (χ4v) is 5.29. The minimum Gasteiger partial charge on any atom is -0.385 e. The number of hydrogen-bond acceptors (Lipinski definition) is 3. The monoisotopic (exact) mass is 443 g/mol. The number of fused-ring (bicyclic) bond motifs is 1. The minimum atomic E-state index is -0.366. The van der Waals surface area contributed by atoms with Crippen molar-refractivity contribution in [2.75, 3.05) is 11.9 Å². The highest BCUT2D eigenvalue weighted by atomic mass is 19.1. The summed E-state index contributed by atoms with van der Waals surface area (Å²) in [6, 6.07) is 15.5. The van der Waals surface area contributed by atoms with Gasteiger partial charge < -0.3 is 5.32 Å². The molecule has 2 aliphatic rings. The van der Waals surface area contributed by atoms with Gasteiger partial charge in [-0.3, -0.25) is 9.36 Å². The molecule has 4 aromatic rings. The number of nitrogens with one attached hydrogen (secondary N) is 1. The van der Waals surface area contributed by atoms with Crippen LogP contribution >= 0.6 is 0 Å². The van der Waals surface area contributed by atoms with E-state index in [-0.39, 0.29) is 5.95 Å². The average Bonchev–Trinajstić information content (AvgIpc) is 3.51. The predicted octanol–water partition coefficient (Wildman–Crippen LogP) is 6.30. The molecule has 2 aliphatic carbocycles. The summed E-state index contributed by atoms with van der Waals surface area (Å²) in [6.45, 7) is 0.994. The zero-order valence-electron chi connectivity index (χ0n) is 19.0. The number of hydrogen-bond donors (Lipinski definition) is 1. The Morgan fingerprint density at radius 2 is 1.85 bits per heavy atom. The number of aromatic nitrogens is 4. The van der Waals surface area contributed by atoms with Gasteiger partial charge in [-0.1, -0.05) is 18.2 Å². The Labute approximate surface area is 193 Å². The van der Waals surface area contributed by atoms with Gasteiger partial charge in [0.1, 0.15) is 0 Å². The van der Waals surface area contributed by atoms with Crippen molar-refractivity contribution in [1.29, 1.82) is 0 Å². The Morgan fingerprint density at radius 3 is 2.67 bits per heavy atom. The number of halogens is 1. The molecule has 6 heteroatoms. The van der Waals surface area contributed by atoms with Crippen LogP contribution in [0.3, 0.4) is 0 Å². The predicted molar refractivity (Wildman–Crippen MR) is 130 cm³/mol. The fraction of sp³-hybridized carbons (Fsp3) is 0.407. The van der Waals surface area contributed by atoms with Crippen molar-refractivity contribution in [3.05, 3.63) is 66.4 Å². The molecule has 0 amide bonds. The lowest BCUT2D eigenvalue weighted by Crippen LogP contribution is -2.20. The summed E-state index contributed by atoms with van der Waals surface area (Å²) in [5, 5.41) is 12.8. The van der Waals surface area contributed by atoms with E-state index in [0.29, 0.717) is 23.3 Å². The van der Waals surface area contributed by atoms with Crippen molar-refractivity contribution in [2.24, 2.45) is 13.0 Å². The second-order valence-electron chi connectivity index (χ2n) is 9.81. The molecule has 0 atom stereocenters. The quantitative estimate of drug-likeness (QED) is 0.381. The van der Waals surface area contributed by atoms with Crippen LogP contribution in [0.25, 0.3) is 22.0 Å². The first kappa shape index (κ1) is 20.5. The van der Waals surface area contributed by atoms with E-state index < -0.39 is 0 Å². The summed E-state index contributed by atoms with van der Waals surface area (Å²) in [5.41, 5.74) is 5.68. The lowest BCUT2D eigenvalue weighted by Gasteiger charge is -2.29. The molecule has 2 saturated carbocycles. The molecule has 170 valence electrons. The molecule has 0 aliphatic heterocycles. The lowest BCUT2D eigenvalue weighted by molar-refractivity contribution is 0.338. The maximum atomic E-state index is 14.1. The van der Waals surface area contributed by atoms with Crippen LogP contribution in [0.5, 0.6) is 0 Å². The average molecular weight is 444 g/mol. The van der Waals surface area contributed by atoms with Gasteiger partial charge >= 0.3 is 0 Å². The van der Waals surface area contributed by atoms with E-state index in [1.165, 1.54) is 48.1 Å². The van der Waals surface area contributed by atoms with Crippen LogP contribution in [0.1, 0.15) is 56.0 Å². The Hall–Kier alpha value is -3.15. The van der Waals surface area contributed by atoms with Crippen LogP contribution in [-0.4, -0.2) is 26.1 Å². The molecule has 5 nitrogen and oxygen atoms in total. The number of benzene rings is 2. The van der Waals surface area contributed by atoms with Crippen molar-refractivity contribution >= 4 is 16.6 Å². The Kier molecular flexibility index (Phi) is 5.16. The molecule has 0 unspecified atom stereocenters. The van der Waals surface area contributed by atoms with Gasteiger partial charge in [0.2, 0.25) is 5.95 Å². The first-order valence-electron chi connectivity index (χ1n) is 12.1. The standard InChI is InChI=1S/C27H30FN5/c1-32-26-12-9-21(14-25(26)27(28)31-32)19-7-5-18(6-8-19)15-29-23-4-2-3-20(13-23)22-16-30-33(17-22)24-10-11-24/h2-4,9,12-14,16-19,24,29H,5-8,10-11,15H2,1H3. The van der Waals surface area contributed by atoms with Crippen molar-refractivity contribution in [3.63, 3.8) is 0 Å². The summed E-state index contributed by atoms with van der Waals surface area (Å²) in [5.74, 6) is 0.812. The molecule has 6 rings (SSSR count). The van der Waals surface area contributed by atoms with E-state index in [9.17, 15) is 4.39 Å². The molecule has 0 spiro atoms. The maximum absolute atomic E-state index is 14.1. The van der Waals surface area contributed by atoms with Gasteiger partial charge in [-0.05, 0) is 85.8 Å². The van der Waals surface area contributed by atoms with E-state index in [4.69, 9.17) is 0 Å². The molecule has 0 saturated heterocycles. The Morgan fingerprint density at radius 1 is 1.00 bits per heavy atom. The normalized spacial score (nSPS) is 20.9. The number of rotatable bonds is 6. The molecule has 0 bridgehead atoms. The first-order valence-corrected chi connectivity index (χ1v) is 12.1.